The Balaban J connectivity index is 3.36. The molecule has 0 aliphatic carbocycles. The van der Waals surface area contributed by atoms with Gasteiger partial charge in [-0.15, -0.1) is 0 Å². The summed E-state index contributed by atoms with van der Waals surface area (Å²) in [6.45, 7) is 2.44. The summed E-state index contributed by atoms with van der Waals surface area (Å²) in [4.78, 5) is 0. The van der Waals surface area contributed by atoms with Crippen LogP contribution in [0, 0.1) is 0 Å². The first kappa shape index (κ1) is 7.15. The van der Waals surface area contributed by atoms with Gasteiger partial charge in [-0.05, 0) is 0 Å². The summed E-state index contributed by atoms with van der Waals surface area (Å²) in [5.41, 5.74) is 0. The van der Waals surface area contributed by atoms with E-state index in [0.717, 1.165) is 0 Å². The Morgan fingerprint density at radius 3 is 2.14 bits per heavy atom. The van der Waals surface area contributed by atoms with Crippen molar-refractivity contribution in [2.45, 2.75) is 0 Å². The maximum absolute atomic E-state index is 10.4. The third-order valence-corrected chi connectivity index (χ3v) is 1.11. The van der Waals surface area contributed by atoms with Gasteiger partial charge in [0.05, 0.1) is 0 Å². The highest BCUT2D eigenvalue weighted by Crippen LogP contribution is 2.36. The Hall–Kier alpha value is 0.150. The van der Waals surface area contributed by atoms with Gasteiger partial charge in [-0.2, -0.15) is 0 Å². The van der Waals surface area contributed by atoms with Crippen LogP contribution in [0.3, 0.4) is 0 Å². The quantitative estimate of drug-likeness (QED) is 0.430. The van der Waals surface area contributed by atoms with Crippen molar-refractivity contribution in [3.8, 4) is 0 Å². The summed E-state index contributed by atoms with van der Waals surface area (Å²) < 4.78 is 14.8. The molecule has 44 valence electrons. The van der Waals surface area contributed by atoms with Crippen molar-refractivity contribution in [2.75, 3.05) is 20.1 Å². The maximum Gasteiger partial charge on any atom is 0.199 e. The van der Waals surface area contributed by atoms with Crippen LogP contribution in [0.2, 0.25) is 0 Å². The predicted octanol–water partition coefficient (Wildman–Crippen LogP) is 0.490. The highest BCUT2D eigenvalue weighted by atomic mass is 31.2. The van der Waals surface area contributed by atoms with Crippen LogP contribution < -0.4 is 0 Å². The first-order chi connectivity index (χ1) is 3.06. The molecule has 0 fully saturated rings. The number of rotatable bonds is 2. The summed E-state index contributed by atoms with van der Waals surface area (Å²) in [5.74, 6) is 0. The number of aliphatic hydroxyl groups is 1. The molecule has 0 rings (SSSR count). The standard InChI is InChI=1S/C3H9O3P/c1-7(2,5)6-3-4/h4H,3H2,1-2H3. The monoisotopic (exact) mass is 124 g/mol. The van der Waals surface area contributed by atoms with E-state index in [0.29, 0.717) is 0 Å². The molecule has 0 bridgehead atoms. The van der Waals surface area contributed by atoms with Crippen LogP contribution >= 0.6 is 7.37 Å². The van der Waals surface area contributed by atoms with Crippen LogP contribution in [0.15, 0.2) is 0 Å². The molecular formula is C3H9O3P. The van der Waals surface area contributed by atoms with E-state index in [9.17, 15) is 4.57 Å². The molecule has 0 heterocycles. The minimum atomic E-state index is -2.42. The number of aliphatic hydroxyl groups excluding tert-OH is 1. The Morgan fingerprint density at radius 2 is 2.14 bits per heavy atom. The second kappa shape index (κ2) is 2.46. The third-order valence-electron chi connectivity index (χ3n) is 0.369. The first-order valence-electron chi connectivity index (χ1n) is 1.86. The van der Waals surface area contributed by atoms with Crippen LogP contribution in [0.25, 0.3) is 0 Å². The Morgan fingerprint density at radius 1 is 1.71 bits per heavy atom. The van der Waals surface area contributed by atoms with Crippen molar-refractivity contribution in [2.24, 2.45) is 0 Å². The minimum absolute atomic E-state index is 0.454. The first-order valence-corrected chi connectivity index (χ1v) is 4.38. The molecule has 0 aromatic rings. The fourth-order valence-corrected chi connectivity index (χ4v) is 0.417. The van der Waals surface area contributed by atoms with Gasteiger partial charge in [0.15, 0.2) is 14.2 Å². The topological polar surface area (TPSA) is 46.5 Å². The van der Waals surface area contributed by atoms with Crippen molar-refractivity contribution < 1.29 is 14.2 Å². The lowest BCUT2D eigenvalue weighted by Crippen LogP contribution is -1.86. The molecule has 0 saturated carbocycles. The molecule has 0 aliphatic rings. The molecule has 0 aromatic carbocycles. The van der Waals surface area contributed by atoms with Gasteiger partial charge in [-0.3, -0.25) is 4.57 Å². The molecule has 7 heavy (non-hydrogen) atoms. The van der Waals surface area contributed by atoms with Gasteiger partial charge in [-0.25, -0.2) is 0 Å². The predicted molar refractivity (Wildman–Crippen MR) is 27.6 cm³/mol. The van der Waals surface area contributed by atoms with Crippen molar-refractivity contribution in [1.82, 2.24) is 0 Å². The minimum Gasteiger partial charge on any atom is -0.370 e. The lowest BCUT2D eigenvalue weighted by atomic mass is 11.6. The van der Waals surface area contributed by atoms with Gasteiger partial charge in [0.25, 0.3) is 0 Å². The normalized spacial score (nSPS) is 11.9. The zero-order valence-electron chi connectivity index (χ0n) is 4.42. The van der Waals surface area contributed by atoms with Crippen molar-refractivity contribution in [3.63, 3.8) is 0 Å². The van der Waals surface area contributed by atoms with E-state index < -0.39 is 14.2 Å². The molecule has 0 spiro atoms. The summed E-state index contributed by atoms with van der Waals surface area (Å²) in [7, 11) is -2.42. The van der Waals surface area contributed by atoms with Crippen molar-refractivity contribution in [1.29, 1.82) is 0 Å². The second-order valence-electron chi connectivity index (χ2n) is 1.51. The van der Waals surface area contributed by atoms with Crippen LogP contribution in [0.4, 0.5) is 0 Å². The summed E-state index contributed by atoms with van der Waals surface area (Å²) in [6, 6.07) is 0. The third kappa shape index (κ3) is 6.15. The molecule has 3 nitrogen and oxygen atoms in total. The Labute approximate surface area is 42.8 Å². The van der Waals surface area contributed by atoms with Crippen LogP contribution in [-0.4, -0.2) is 25.2 Å². The highest BCUT2D eigenvalue weighted by molar-refractivity contribution is 7.57. The van der Waals surface area contributed by atoms with E-state index in [2.05, 4.69) is 4.52 Å². The average molecular weight is 124 g/mol. The SMILES string of the molecule is CP(C)(=O)OCO. The molecule has 0 saturated heterocycles. The van der Waals surface area contributed by atoms with Gasteiger partial charge in [0.1, 0.15) is 0 Å². The van der Waals surface area contributed by atoms with Crippen LogP contribution in [0.1, 0.15) is 0 Å². The Bertz CT molecular complexity index is 84.2. The smallest absolute Gasteiger partial charge is 0.199 e. The molecule has 0 aromatic heterocycles. The Kier molecular flexibility index (Phi) is 2.51. The second-order valence-corrected chi connectivity index (χ2v) is 4.27. The van der Waals surface area contributed by atoms with E-state index in [-0.39, 0.29) is 0 Å². The maximum atomic E-state index is 10.4. The summed E-state index contributed by atoms with van der Waals surface area (Å²) in [5, 5.41) is 8.01. The van der Waals surface area contributed by atoms with Gasteiger partial charge >= 0.3 is 0 Å². The molecule has 0 atom stereocenters. The van der Waals surface area contributed by atoms with E-state index in [1.807, 2.05) is 0 Å². The summed E-state index contributed by atoms with van der Waals surface area (Å²) >= 11 is 0. The average Bonchev–Trinajstić information content (AvgIpc) is 1.30. The van der Waals surface area contributed by atoms with Gasteiger partial charge in [-0.1, -0.05) is 0 Å². The molecule has 1 N–H and O–H groups in total. The highest BCUT2D eigenvalue weighted by Gasteiger charge is 2.02. The number of hydrogen-bond acceptors (Lipinski definition) is 3. The van der Waals surface area contributed by atoms with Gasteiger partial charge < -0.3 is 9.63 Å². The van der Waals surface area contributed by atoms with E-state index in [1.165, 1.54) is 13.3 Å². The summed E-state index contributed by atoms with van der Waals surface area (Å²) in [6.07, 6.45) is 0. The van der Waals surface area contributed by atoms with Crippen molar-refractivity contribution >= 4 is 7.37 Å². The fraction of sp³-hybridized carbons (Fsp3) is 1.00. The largest absolute Gasteiger partial charge is 0.370 e. The molecule has 0 unspecified atom stereocenters. The lowest BCUT2D eigenvalue weighted by molar-refractivity contribution is 0.103. The van der Waals surface area contributed by atoms with Crippen LogP contribution in [-0.2, 0) is 9.09 Å². The zero-order valence-corrected chi connectivity index (χ0v) is 5.31. The van der Waals surface area contributed by atoms with E-state index >= 15 is 0 Å². The van der Waals surface area contributed by atoms with E-state index in [1.54, 1.807) is 0 Å². The number of hydrogen-bond donors (Lipinski definition) is 1. The molecule has 0 radical (unpaired) electrons. The molecular weight excluding hydrogens is 115 g/mol. The molecule has 0 aliphatic heterocycles. The van der Waals surface area contributed by atoms with Crippen LogP contribution in [0.5, 0.6) is 0 Å². The van der Waals surface area contributed by atoms with Crippen molar-refractivity contribution in [3.05, 3.63) is 0 Å². The van der Waals surface area contributed by atoms with Gasteiger partial charge in [0.2, 0.25) is 0 Å². The molecule has 4 heteroatoms. The molecule has 0 amide bonds. The zero-order chi connectivity index (χ0) is 5.91. The van der Waals surface area contributed by atoms with Gasteiger partial charge in [0, 0.05) is 13.3 Å². The fourth-order valence-electron chi connectivity index (χ4n) is 0.139. The van der Waals surface area contributed by atoms with E-state index in [4.69, 9.17) is 5.11 Å². The lowest BCUT2D eigenvalue weighted by Gasteiger charge is -2.01.